The van der Waals surface area contributed by atoms with Crippen molar-refractivity contribution < 1.29 is 5.11 Å². The van der Waals surface area contributed by atoms with Crippen molar-refractivity contribution in [2.75, 3.05) is 13.2 Å². The van der Waals surface area contributed by atoms with Crippen LogP contribution in [0.2, 0.25) is 0 Å². The Bertz CT molecular complexity index is 131. The third kappa shape index (κ3) is 8.85. The lowest BCUT2D eigenvalue weighted by molar-refractivity contribution is 0.272. The summed E-state index contributed by atoms with van der Waals surface area (Å²) in [5, 5.41) is 12.3. The summed E-state index contributed by atoms with van der Waals surface area (Å²) >= 11 is 0. The van der Waals surface area contributed by atoms with Gasteiger partial charge in [-0.05, 0) is 26.2 Å². The van der Waals surface area contributed by atoms with Crippen LogP contribution in [-0.2, 0) is 0 Å². The Morgan fingerprint density at radius 2 is 1.93 bits per heavy atom. The molecule has 0 aliphatic rings. The number of unbranched alkanes of at least 4 members (excludes halogenated alkanes) is 2. The molecule has 2 atom stereocenters. The van der Waals surface area contributed by atoms with Crippen molar-refractivity contribution in [2.24, 2.45) is 5.73 Å². The van der Waals surface area contributed by atoms with Crippen LogP contribution in [0.1, 0.15) is 52.4 Å². The van der Waals surface area contributed by atoms with Crippen molar-refractivity contribution in [2.45, 2.75) is 64.5 Å². The zero-order valence-corrected chi connectivity index (χ0v) is 10.3. The number of hydrogen-bond acceptors (Lipinski definition) is 3. The molecule has 0 saturated heterocycles. The lowest BCUT2D eigenvalue weighted by atomic mass is 10.1. The molecule has 4 N–H and O–H groups in total. The maximum absolute atomic E-state index is 8.73. The van der Waals surface area contributed by atoms with E-state index >= 15 is 0 Å². The largest absolute Gasteiger partial charge is 0.396 e. The predicted octanol–water partition coefficient (Wildman–Crippen LogP) is 1.64. The first-order valence-electron chi connectivity index (χ1n) is 6.31. The number of nitrogens with two attached hydrogens (primary N) is 1. The minimum atomic E-state index is 0.287. The molecule has 0 radical (unpaired) electrons. The van der Waals surface area contributed by atoms with Gasteiger partial charge >= 0.3 is 0 Å². The fraction of sp³-hybridized carbons (Fsp3) is 1.00. The van der Waals surface area contributed by atoms with Gasteiger partial charge in [0.2, 0.25) is 0 Å². The van der Waals surface area contributed by atoms with Gasteiger partial charge in [-0.1, -0.05) is 26.2 Å². The Morgan fingerprint density at radius 1 is 1.20 bits per heavy atom. The molecule has 0 fully saturated rings. The van der Waals surface area contributed by atoms with Gasteiger partial charge in [-0.25, -0.2) is 0 Å². The van der Waals surface area contributed by atoms with E-state index in [0.29, 0.717) is 18.6 Å². The van der Waals surface area contributed by atoms with E-state index in [-0.39, 0.29) is 6.61 Å². The van der Waals surface area contributed by atoms with Gasteiger partial charge in [0, 0.05) is 25.2 Å². The van der Waals surface area contributed by atoms with Crippen LogP contribution in [0.3, 0.4) is 0 Å². The molecule has 3 nitrogen and oxygen atoms in total. The highest BCUT2D eigenvalue weighted by Gasteiger charge is 2.09. The summed E-state index contributed by atoms with van der Waals surface area (Å²) in [5.41, 5.74) is 5.72. The molecular weight excluding hydrogens is 188 g/mol. The van der Waals surface area contributed by atoms with Crippen LogP contribution in [0.4, 0.5) is 0 Å². The molecule has 92 valence electrons. The lowest BCUT2D eigenvalue weighted by Crippen LogP contribution is -2.41. The quantitative estimate of drug-likeness (QED) is 0.487. The van der Waals surface area contributed by atoms with Crippen molar-refractivity contribution in [1.82, 2.24) is 5.32 Å². The maximum atomic E-state index is 8.73. The number of hydrogen-bond donors (Lipinski definition) is 3. The maximum Gasteiger partial charge on any atom is 0.0431 e. The van der Waals surface area contributed by atoms with Gasteiger partial charge in [0.25, 0.3) is 0 Å². The van der Waals surface area contributed by atoms with E-state index in [4.69, 9.17) is 10.8 Å². The average molecular weight is 216 g/mol. The van der Waals surface area contributed by atoms with Gasteiger partial charge in [0.15, 0.2) is 0 Å². The molecule has 0 spiro atoms. The second-order valence-corrected chi connectivity index (χ2v) is 4.36. The zero-order chi connectivity index (χ0) is 11.5. The summed E-state index contributed by atoms with van der Waals surface area (Å²) in [5.74, 6) is 0. The molecule has 0 aliphatic carbocycles. The molecule has 0 aromatic carbocycles. The SMILES string of the molecule is CCCCCC(CN)NC(C)CCCO. The molecule has 0 aliphatic heterocycles. The van der Waals surface area contributed by atoms with E-state index < -0.39 is 0 Å². The molecule has 3 heteroatoms. The Labute approximate surface area is 94.4 Å². The highest BCUT2D eigenvalue weighted by atomic mass is 16.2. The highest BCUT2D eigenvalue weighted by Crippen LogP contribution is 2.05. The average Bonchev–Trinajstić information content (AvgIpc) is 2.25. The van der Waals surface area contributed by atoms with E-state index in [1.165, 1.54) is 25.7 Å². The first-order valence-corrected chi connectivity index (χ1v) is 6.31. The minimum absolute atomic E-state index is 0.287. The molecule has 0 aromatic rings. The summed E-state index contributed by atoms with van der Waals surface area (Å²) in [6, 6.07) is 0.914. The van der Waals surface area contributed by atoms with Gasteiger partial charge < -0.3 is 16.2 Å². The van der Waals surface area contributed by atoms with Crippen molar-refractivity contribution in [1.29, 1.82) is 0 Å². The van der Waals surface area contributed by atoms with E-state index in [9.17, 15) is 0 Å². The van der Waals surface area contributed by atoms with Gasteiger partial charge in [-0.3, -0.25) is 0 Å². The van der Waals surface area contributed by atoms with Crippen LogP contribution in [-0.4, -0.2) is 30.3 Å². The zero-order valence-electron chi connectivity index (χ0n) is 10.3. The molecule has 0 rings (SSSR count). The number of rotatable bonds is 10. The van der Waals surface area contributed by atoms with Gasteiger partial charge in [-0.15, -0.1) is 0 Å². The van der Waals surface area contributed by atoms with Crippen molar-refractivity contribution in [3.05, 3.63) is 0 Å². The van der Waals surface area contributed by atoms with E-state index in [0.717, 1.165) is 12.8 Å². The Hall–Kier alpha value is -0.120. The van der Waals surface area contributed by atoms with Gasteiger partial charge in [0.1, 0.15) is 0 Å². The normalized spacial score (nSPS) is 15.2. The standard InChI is InChI=1S/C12H28N2O/c1-3-4-5-8-12(10-13)14-11(2)7-6-9-15/h11-12,14-15H,3-10,13H2,1-2H3. The third-order valence-electron chi connectivity index (χ3n) is 2.76. The summed E-state index contributed by atoms with van der Waals surface area (Å²) in [7, 11) is 0. The summed E-state index contributed by atoms with van der Waals surface area (Å²) in [6.45, 7) is 5.38. The molecule has 0 bridgehead atoms. The number of aliphatic hydroxyl groups excluding tert-OH is 1. The van der Waals surface area contributed by atoms with Crippen LogP contribution in [0.5, 0.6) is 0 Å². The first-order chi connectivity index (χ1) is 7.24. The van der Waals surface area contributed by atoms with Gasteiger partial charge in [0.05, 0.1) is 0 Å². The number of aliphatic hydroxyl groups is 1. The predicted molar refractivity (Wildman–Crippen MR) is 65.9 cm³/mol. The summed E-state index contributed by atoms with van der Waals surface area (Å²) in [4.78, 5) is 0. The van der Waals surface area contributed by atoms with Crippen molar-refractivity contribution >= 4 is 0 Å². The lowest BCUT2D eigenvalue weighted by Gasteiger charge is -2.22. The topological polar surface area (TPSA) is 58.3 Å². The monoisotopic (exact) mass is 216 g/mol. The molecular formula is C12H28N2O. The Balaban J connectivity index is 3.57. The van der Waals surface area contributed by atoms with Crippen LogP contribution in [0, 0.1) is 0 Å². The van der Waals surface area contributed by atoms with Crippen molar-refractivity contribution in [3.8, 4) is 0 Å². The molecule has 0 heterocycles. The van der Waals surface area contributed by atoms with E-state index in [1.807, 2.05) is 0 Å². The first kappa shape index (κ1) is 14.9. The molecule has 0 aromatic heterocycles. The van der Waals surface area contributed by atoms with Crippen LogP contribution in [0.25, 0.3) is 0 Å². The summed E-state index contributed by atoms with van der Waals surface area (Å²) < 4.78 is 0. The molecule has 0 amide bonds. The molecule has 0 saturated carbocycles. The highest BCUT2D eigenvalue weighted by molar-refractivity contribution is 4.72. The summed E-state index contributed by atoms with van der Waals surface area (Å²) in [6.07, 6.45) is 6.90. The van der Waals surface area contributed by atoms with Crippen LogP contribution >= 0.6 is 0 Å². The fourth-order valence-electron chi connectivity index (χ4n) is 1.79. The van der Waals surface area contributed by atoms with E-state index in [1.54, 1.807) is 0 Å². The van der Waals surface area contributed by atoms with Crippen LogP contribution < -0.4 is 11.1 Å². The number of nitrogens with one attached hydrogen (secondary N) is 1. The Kier molecular flexibility index (Phi) is 10.3. The minimum Gasteiger partial charge on any atom is -0.396 e. The third-order valence-corrected chi connectivity index (χ3v) is 2.76. The Morgan fingerprint density at radius 3 is 2.47 bits per heavy atom. The smallest absolute Gasteiger partial charge is 0.0431 e. The van der Waals surface area contributed by atoms with Gasteiger partial charge in [-0.2, -0.15) is 0 Å². The van der Waals surface area contributed by atoms with E-state index in [2.05, 4.69) is 19.2 Å². The molecule has 15 heavy (non-hydrogen) atoms. The van der Waals surface area contributed by atoms with Crippen molar-refractivity contribution in [3.63, 3.8) is 0 Å². The second-order valence-electron chi connectivity index (χ2n) is 4.36. The van der Waals surface area contributed by atoms with Crippen LogP contribution in [0.15, 0.2) is 0 Å². The molecule has 2 unspecified atom stereocenters. The fourth-order valence-corrected chi connectivity index (χ4v) is 1.79. The second kappa shape index (κ2) is 10.4.